The Morgan fingerprint density at radius 2 is 2.21 bits per heavy atom. The molecular weight excluding hydrogens is 176 g/mol. The van der Waals surface area contributed by atoms with Crippen LogP contribution >= 0.6 is 0 Å². The van der Waals surface area contributed by atoms with E-state index in [1.807, 2.05) is 0 Å². The topological polar surface area (TPSA) is 67.6 Å². The number of aromatic amines is 1. The molecule has 1 aliphatic carbocycles. The van der Waals surface area contributed by atoms with E-state index in [2.05, 4.69) is 29.0 Å². The van der Waals surface area contributed by atoms with Gasteiger partial charge in [-0.05, 0) is 18.8 Å². The minimum atomic E-state index is 0.176. The average Bonchev–Trinajstić information content (AvgIpc) is 2.88. The van der Waals surface area contributed by atoms with Crippen molar-refractivity contribution in [2.45, 2.75) is 45.1 Å². The Hall–Kier alpha value is -0.900. The molecule has 1 aliphatic rings. The number of aromatic nitrogens is 3. The smallest absolute Gasteiger partial charge is 0.153 e. The van der Waals surface area contributed by atoms with Crippen molar-refractivity contribution in [2.75, 3.05) is 0 Å². The second kappa shape index (κ2) is 3.69. The maximum Gasteiger partial charge on any atom is 0.153 e. The van der Waals surface area contributed by atoms with Crippen molar-refractivity contribution in [1.29, 1.82) is 0 Å². The summed E-state index contributed by atoms with van der Waals surface area (Å²) in [5.41, 5.74) is 5.96. The predicted octanol–water partition coefficient (Wildman–Crippen LogP) is 1.21. The molecule has 0 amide bonds. The van der Waals surface area contributed by atoms with Crippen molar-refractivity contribution < 1.29 is 0 Å². The normalized spacial score (nSPS) is 18.9. The zero-order chi connectivity index (χ0) is 10.1. The molecule has 0 radical (unpaired) electrons. The molecule has 1 unspecified atom stereocenters. The lowest BCUT2D eigenvalue weighted by Gasteiger charge is -2.12. The number of nitrogens with zero attached hydrogens (tertiary/aromatic N) is 2. The third-order valence-corrected chi connectivity index (χ3v) is 2.78. The molecular formula is C10H18N4. The summed E-state index contributed by atoms with van der Waals surface area (Å²) in [6.45, 7) is 4.26. The van der Waals surface area contributed by atoms with Gasteiger partial charge in [0, 0.05) is 18.4 Å². The van der Waals surface area contributed by atoms with Gasteiger partial charge in [-0.3, -0.25) is 5.10 Å². The van der Waals surface area contributed by atoms with E-state index >= 15 is 0 Å². The van der Waals surface area contributed by atoms with Gasteiger partial charge in [0.1, 0.15) is 5.82 Å². The SMILES string of the molecule is CC(C)C(N)Cc1nc(C2CC2)n[nH]1. The van der Waals surface area contributed by atoms with Crippen LogP contribution in [0, 0.1) is 5.92 Å². The van der Waals surface area contributed by atoms with Gasteiger partial charge in [0.05, 0.1) is 0 Å². The van der Waals surface area contributed by atoms with Crippen LogP contribution in [0.4, 0.5) is 0 Å². The summed E-state index contributed by atoms with van der Waals surface area (Å²) in [5, 5.41) is 7.17. The van der Waals surface area contributed by atoms with Gasteiger partial charge in [-0.25, -0.2) is 4.98 Å². The Kier molecular flexibility index (Phi) is 2.54. The summed E-state index contributed by atoms with van der Waals surface area (Å²) >= 11 is 0. The summed E-state index contributed by atoms with van der Waals surface area (Å²) in [6, 6.07) is 0.176. The number of H-pyrrole nitrogens is 1. The largest absolute Gasteiger partial charge is 0.327 e. The molecule has 1 saturated carbocycles. The van der Waals surface area contributed by atoms with E-state index in [1.165, 1.54) is 12.8 Å². The quantitative estimate of drug-likeness (QED) is 0.757. The zero-order valence-electron chi connectivity index (χ0n) is 8.83. The molecule has 0 saturated heterocycles. The first-order chi connectivity index (χ1) is 6.66. The second-order valence-corrected chi connectivity index (χ2v) is 4.53. The molecule has 3 N–H and O–H groups in total. The molecule has 1 fully saturated rings. The van der Waals surface area contributed by atoms with Crippen LogP contribution in [0.2, 0.25) is 0 Å². The van der Waals surface area contributed by atoms with E-state index < -0.39 is 0 Å². The van der Waals surface area contributed by atoms with Crippen LogP contribution in [0.15, 0.2) is 0 Å². The lowest BCUT2D eigenvalue weighted by molar-refractivity contribution is 0.482. The molecule has 0 spiro atoms. The van der Waals surface area contributed by atoms with E-state index in [4.69, 9.17) is 5.73 Å². The highest BCUT2D eigenvalue weighted by Gasteiger charge is 2.27. The lowest BCUT2D eigenvalue weighted by atomic mass is 10.0. The van der Waals surface area contributed by atoms with Crippen molar-refractivity contribution in [2.24, 2.45) is 11.7 Å². The Labute approximate surface area is 84.3 Å². The number of nitrogens with one attached hydrogen (secondary N) is 1. The van der Waals surface area contributed by atoms with Crippen LogP contribution < -0.4 is 5.73 Å². The van der Waals surface area contributed by atoms with Gasteiger partial charge < -0.3 is 5.73 Å². The van der Waals surface area contributed by atoms with Crippen LogP contribution in [0.5, 0.6) is 0 Å². The van der Waals surface area contributed by atoms with Gasteiger partial charge in [0.2, 0.25) is 0 Å². The van der Waals surface area contributed by atoms with Gasteiger partial charge in [-0.2, -0.15) is 5.10 Å². The van der Waals surface area contributed by atoms with E-state index in [9.17, 15) is 0 Å². The summed E-state index contributed by atoms with van der Waals surface area (Å²) in [6.07, 6.45) is 3.29. The molecule has 1 atom stereocenters. The fourth-order valence-corrected chi connectivity index (χ4v) is 1.38. The zero-order valence-corrected chi connectivity index (χ0v) is 8.83. The standard InChI is InChI=1S/C10H18N4/c1-6(2)8(11)5-9-12-10(14-13-9)7-3-4-7/h6-8H,3-5,11H2,1-2H3,(H,12,13,14). The number of hydrogen-bond acceptors (Lipinski definition) is 3. The monoisotopic (exact) mass is 194 g/mol. The lowest BCUT2D eigenvalue weighted by Crippen LogP contribution is -2.29. The Balaban J connectivity index is 1.95. The van der Waals surface area contributed by atoms with E-state index in [0.29, 0.717) is 11.8 Å². The van der Waals surface area contributed by atoms with Crippen molar-refractivity contribution >= 4 is 0 Å². The van der Waals surface area contributed by atoms with Crippen molar-refractivity contribution in [1.82, 2.24) is 15.2 Å². The Bertz CT molecular complexity index is 301. The number of hydrogen-bond donors (Lipinski definition) is 2. The molecule has 14 heavy (non-hydrogen) atoms. The molecule has 78 valence electrons. The van der Waals surface area contributed by atoms with Gasteiger partial charge in [-0.15, -0.1) is 0 Å². The molecule has 1 heterocycles. The minimum Gasteiger partial charge on any atom is -0.327 e. The van der Waals surface area contributed by atoms with Gasteiger partial charge in [-0.1, -0.05) is 13.8 Å². The summed E-state index contributed by atoms with van der Waals surface area (Å²) in [5.74, 6) is 3.03. The number of rotatable bonds is 4. The summed E-state index contributed by atoms with van der Waals surface area (Å²) in [7, 11) is 0. The van der Waals surface area contributed by atoms with Gasteiger partial charge >= 0.3 is 0 Å². The highest BCUT2D eigenvalue weighted by Crippen LogP contribution is 2.37. The fraction of sp³-hybridized carbons (Fsp3) is 0.800. The highest BCUT2D eigenvalue weighted by atomic mass is 15.2. The van der Waals surface area contributed by atoms with E-state index in [1.54, 1.807) is 0 Å². The first-order valence-electron chi connectivity index (χ1n) is 5.33. The number of nitrogens with two attached hydrogens (primary N) is 1. The van der Waals surface area contributed by atoms with Gasteiger partial charge in [0.25, 0.3) is 0 Å². The molecule has 4 nitrogen and oxygen atoms in total. The second-order valence-electron chi connectivity index (χ2n) is 4.53. The van der Waals surface area contributed by atoms with Crippen LogP contribution in [0.1, 0.15) is 44.3 Å². The molecule has 4 heteroatoms. The Morgan fingerprint density at radius 1 is 1.50 bits per heavy atom. The van der Waals surface area contributed by atoms with Crippen LogP contribution in [-0.4, -0.2) is 21.2 Å². The van der Waals surface area contributed by atoms with Gasteiger partial charge in [0.15, 0.2) is 5.82 Å². The average molecular weight is 194 g/mol. The fourth-order valence-electron chi connectivity index (χ4n) is 1.38. The predicted molar refractivity (Wildman–Crippen MR) is 54.9 cm³/mol. The summed E-state index contributed by atoms with van der Waals surface area (Å²) < 4.78 is 0. The van der Waals surface area contributed by atoms with E-state index in [-0.39, 0.29) is 6.04 Å². The minimum absolute atomic E-state index is 0.176. The molecule has 1 aromatic heterocycles. The van der Waals surface area contributed by atoms with Crippen molar-refractivity contribution in [3.8, 4) is 0 Å². The van der Waals surface area contributed by atoms with Crippen LogP contribution in [0.3, 0.4) is 0 Å². The maximum absolute atomic E-state index is 5.96. The first-order valence-corrected chi connectivity index (χ1v) is 5.33. The third kappa shape index (κ3) is 2.12. The van der Waals surface area contributed by atoms with E-state index in [0.717, 1.165) is 18.1 Å². The third-order valence-electron chi connectivity index (χ3n) is 2.78. The molecule has 0 aliphatic heterocycles. The maximum atomic E-state index is 5.96. The molecule has 0 aromatic carbocycles. The molecule has 2 rings (SSSR count). The molecule has 0 bridgehead atoms. The highest BCUT2D eigenvalue weighted by molar-refractivity contribution is 5.05. The van der Waals surface area contributed by atoms with Crippen molar-refractivity contribution in [3.05, 3.63) is 11.6 Å². The first kappa shape index (κ1) is 9.65. The van der Waals surface area contributed by atoms with Crippen molar-refractivity contribution in [3.63, 3.8) is 0 Å². The molecule has 1 aromatic rings. The summed E-state index contributed by atoms with van der Waals surface area (Å²) in [4.78, 5) is 4.45. The Morgan fingerprint density at radius 3 is 2.79 bits per heavy atom. The van der Waals surface area contributed by atoms with Crippen LogP contribution in [0.25, 0.3) is 0 Å². The van der Waals surface area contributed by atoms with Crippen LogP contribution in [-0.2, 0) is 6.42 Å².